The number of carboxylic acids is 1. The third kappa shape index (κ3) is 5.40. The Balaban J connectivity index is 1.94. The van der Waals surface area contributed by atoms with Gasteiger partial charge in [0, 0.05) is 13.0 Å². The normalized spacial score (nSPS) is 16.8. The molecule has 1 aromatic rings. The predicted molar refractivity (Wildman–Crippen MR) is 105 cm³/mol. The predicted octanol–water partition coefficient (Wildman–Crippen LogP) is 2.65. The largest absolute Gasteiger partial charge is 0.480 e. The van der Waals surface area contributed by atoms with E-state index in [-0.39, 0.29) is 18.9 Å². The SMILES string of the molecule is CCC[C@@H](NC(=O)CCN1C(=O)/C(=C\c2ccccc2)SC1=S)C(=O)O. The molecular weight excluding hydrogens is 372 g/mol. The standard InChI is InChI=1S/C18H20N2O4S2/c1-2-6-13(17(23)24)19-15(21)9-10-20-16(22)14(26-18(20)25)11-12-7-4-3-5-8-12/h3-5,7-8,11,13H,2,6,9-10H2,1H3,(H,19,21)(H,23,24)/b14-11+/t13-/m1/s1. The molecule has 26 heavy (non-hydrogen) atoms. The number of carbonyl (C=O) groups is 3. The lowest BCUT2D eigenvalue weighted by Crippen LogP contribution is -2.42. The van der Waals surface area contributed by atoms with Gasteiger partial charge in [0.1, 0.15) is 10.4 Å². The highest BCUT2D eigenvalue weighted by Gasteiger charge is 2.32. The van der Waals surface area contributed by atoms with Crippen LogP contribution < -0.4 is 5.32 Å². The molecule has 0 aromatic heterocycles. The molecule has 1 fully saturated rings. The van der Waals surface area contributed by atoms with Crippen LogP contribution in [0, 0.1) is 0 Å². The lowest BCUT2D eigenvalue weighted by atomic mass is 10.1. The van der Waals surface area contributed by atoms with E-state index in [0.29, 0.717) is 22.1 Å². The van der Waals surface area contributed by atoms with Crippen LogP contribution in [0.4, 0.5) is 0 Å². The maximum atomic E-state index is 12.5. The second-order valence-corrected chi connectivity index (χ2v) is 7.42. The summed E-state index contributed by atoms with van der Waals surface area (Å²) in [6.45, 7) is 1.97. The van der Waals surface area contributed by atoms with Crippen LogP contribution in [0.2, 0.25) is 0 Å². The van der Waals surface area contributed by atoms with E-state index in [1.54, 1.807) is 6.08 Å². The van der Waals surface area contributed by atoms with Crippen molar-refractivity contribution in [3.63, 3.8) is 0 Å². The van der Waals surface area contributed by atoms with Crippen LogP contribution >= 0.6 is 24.0 Å². The minimum absolute atomic E-state index is 0.00144. The number of hydrogen-bond acceptors (Lipinski definition) is 5. The van der Waals surface area contributed by atoms with E-state index in [4.69, 9.17) is 17.3 Å². The summed E-state index contributed by atoms with van der Waals surface area (Å²) in [5.74, 6) is -1.71. The minimum Gasteiger partial charge on any atom is -0.480 e. The second-order valence-electron chi connectivity index (χ2n) is 5.74. The Morgan fingerprint density at radius 3 is 2.65 bits per heavy atom. The van der Waals surface area contributed by atoms with Crippen molar-refractivity contribution in [3.05, 3.63) is 40.8 Å². The van der Waals surface area contributed by atoms with Crippen LogP contribution in [0.5, 0.6) is 0 Å². The monoisotopic (exact) mass is 392 g/mol. The first kappa shape index (κ1) is 20.1. The van der Waals surface area contributed by atoms with Crippen molar-refractivity contribution in [2.45, 2.75) is 32.2 Å². The van der Waals surface area contributed by atoms with Gasteiger partial charge in [-0.2, -0.15) is 0 Å². The average Bonchev–Trinajstić information content (AvgIpc) is 2.87. The van der Waals surface area contributed by atoms with Crippen LogP contribution in [-0.4, -0.2) is 44.7 Å². The molecule has 138 valence electrons. The number of thioether (sulfide) groups is 1. The van der Waals surface area contributed by atoms with E-state index < -0.39 is 17.9 Å². The van der Waals surface area contributed by atoms with E-state index in [2.05, 4.69) is 5.32 Å². The molecular formula is C18H20N2O4S2. The highest BCUT2D eigenvalue weighted by Crippen LogP contribution is 2.32. The number of aliphatic carboxylic acids is 1. The fourth-order valence-electron chi connectivity index (χ4n) is 2.42. The summed E-state index contributed by atoms with van der Waals surface area (Å²) < 4.78 is 0.397. The smallest absolute Gasteiger partial charge is 0.326 e. The van der Waals surface area contributed by atoms with Crippen molar-refractivity contribution >= 4 is 52.2 Å². The lowest BCUT2D eigenvalue weighted by molar-refractivity contribution is -0.142. The molecule has 1 aromatic carbocycles. The molecule has 2 N–H and O–H groups in total. The molecule has 0 bridgehead atoms. The molecule has 0 aliphatic carbocycles. The van der Waals surface area contributed by atoms with Gasteiger partial charge in [-0.15, -0.1) is 0 Å². The Hall–Kier alpha value is -2.19. The van der Waals surface area contributed by atoms with Crippen molar-refractivity contribution in [1.82, 2.24) is 10.2 Å². The topological polar surface area (TPSA) is 86.7 Å². The van der Waals surface area contributed by atoms with Crippen LogP contribution in [-0.2, 0) is 14.4 Å². The Labute approximate surface area is 161 Å². The number of nitrogens with zero attached hydrogens (tertiary/aromatic N) is 1. The molecule has 1 aliphatic heterocycles. The molecule has 2 rings (SSSR count). The van der Waals surface area contributed by atoms with Crippen molar-refractivity contribution in [2.75, 3.05) is 6.54 Å². The number of amides is 2. The molecule has 0 radical (unpaired) electrons. The summed E-state index contributed by atoms with van der Waals surface area (Å²) in [7, 11) is 0. The number of benzene rings is 1. The first-order valence-corrected chi connectivity index (χ1v) is 9.47. The van der Waals surface area contributed by atoms with Gasteiger partial charge >= 0.3 is 5.97 Å². The Bertz CT molecular complexity index is 734. The number of hydrogen-bond donors (Lipinski definition) is 2. The fraction of sp³-hybridized carbons (Fsp3) is 0.333. The second kappa shape index (κ2) is 9.49. The van der Waals surface area contributed by atoms with Gasteiger partial charge in [-0.05, 0) is 18.1 Å². The van der Waals surface area contributed by atoms with Crippen molar-refractivity contribution in [2.24, 2.45) is 0 Å². The van der Waals surface area contributed by atoms with E-state index in [0.717, 1.165) is 5.56 Å². The van der Waals surface area contributed by atoms with Crippen LogP contribution in [0.25, 0.3) is 6.08 Å². The van der Waals surface area contributed by atoms with Crippen LogP contribution in [0.1, 0.15) is 31.7 Å². The molecule has 8 heteroatoms. The van der Waals surface area contributed by atoms with Crippen molar-refractivity contribution in [1.29, 1.82) is 0 Å². The number of nitrogens with one attached hydrogen (secondary N) is 1. The highest BCUT2D eigenvalue weighted by atomic mass is 32.2. The number of carboxylic acid groups (broad SMARTS) is 1. The molecule has 6 nitrogen and oxygen atoms in total. The van der Waals surface area contributed by atoms with Crippen LogP contribution in [0.15, 0.2) is 35.2 Å². The Kier molecular flexibility index (Phi) is 7.35. The molecule has 1 saturated heterocycles. The third-order valence-electron chi connectivity index (χ3n) is 3.74. The van der Waals surface area contributed by atoms with Crippen LogP contribution in [0.3, 0.4) is 0 Å². The van der Waals surface area contributed by atoms with E-state index in [1.165, 1.54) is 16.7 Å². The zero-order valence-corrected chi connectivity index (χ0v) is 15.9. The third-order valence-corrected chi connectivity index (χ3v) is 5.12. The van der Waals surface area contributed by atoms with E-state index in [1.807, 2.05) is 37.3 Å². The van der Waals surface area contributed by atoms with Gasteiger partial charge in [0.25, 0.3) is 5.91 Å². The van der Waals surface area contributed by atoms with Gasteiger partial charge in [-0.25, -0.2) is 4.79 Å². The molecule has 2 amide bonds. The summed E-state index contributed by atoms with van der Waals surface area (Å²) >= 11 is 6.43. The first-order chi connectivity index (χ1) is 12.4. The van der Waals surface area contributed by atoms with Gasteiger partial charge in [0.15, 0.2) is 0 Å². The summed E-state index contributed by atoms with van der Waals surface area (Å²) in [5.41, 5.74) is 0.898. The first-order valence-electron chi connectivity index (χ1n) is 8.25. The summed E-state index contributed by atoms with van der Waals surface area (Å²) in [6, 6.07) is 8.53. The van der Waals surface area contributed by atoms with E-state index in [9.17, 15) is 14.4 Å². The zero-order valence-electron chi connectivity index (χ0n) is 14.3. The van der Waals surface area contributed by atoms with Crippen molar-refractivity contribution < 1.29 is 19.5 Å². The summed E-state index contributed by atoms with van der Waals surface area (Å²) in [6.07, 6.45) is 2.78. The highest BCUT2D eigenvalue weighted by molar-refractivity contribution is 8.26. The van der Waals surface area contributed by atoms with E-state index >= 15 is 0 Å². The molecule has 0 saturated carbocycles. The van der Waals surface area contributed by atoms with Gasteiger partial charge in [-0.3, -0.25) is 14.5 Å². The maximum absolute atomic E-state index is 12.5. The van der Waals surface area contributed by atoms with Crippen molar-refractivity contribution in [3.8, 4) is 0 Å². The Morgan fingerprint density at radius 2 is 2.04 bits per heavy atom. The molecule has 0 spiro atoms. The number of rotatable bonds is 8. The average molecular weight is 393 g/mol. The summed E-state index contributed by atoms with van der Waals surface area (Å²) in [5, 5.41) is 11.6. The molecule has 1 heterocycles. The van der Waals surface area contributed by atoms with Gasteiger partial charge < -0.3 is 10.4 Å². The number of carbonyl (C=O) groups excluding carboxylic acids is 2. The molecule has 1 atom stereocenters. The quantitative estimate of drug-likeness (QED) is 0.522. The minimum atomic E-state index is -1.06. The molecule has 1 aliphatic rings. The summed E-state index contributed by atoms with van der Waals surface area (Å²) in [4.78, 5) is 37.5. The number of thiocarbonyl (C=S) groups is 1. The van der Waals surface area contributed by atoms with Gasteiger partial charge in [0.05, 0.1) is 4.91 Å². The maximum Gasteiger partial charge on any atom is 0.326 e. The zero-order chi connectivity index (χ0) is 19.1. The Morgan fingerprint density at radius 1 is 1.35 bits per heavy atom. The van der Waals surface area contributed by atoms with Gasteiger partial charge in [0.2, 0.25) is 5.91 Å². The fourth-order valence-corrected chi connectivity index (χ4v) is 3.73. The lowest BCUT2D eigenvalue weighted by Gasteiger charge is -2.16. The van der Waals surface area contributed by atoms with Gasteiger partial charge in [-0.1, -0.05) is 67.7 Å². The molecule has 0 unspecified atom stereocenters.